The quantitative estimate of drug-likeness (QED) is 0.502. The van der Waals surface area contributed by atoms with Crippen LogP contribution in [0.2, 0.25) is 5.02 Å². The maximum atomic E-state index is 13.0. The molecule has 0 saturated heterocycles. The molecule has 0 N–H and O–H groups in total. The predicted octanol–water partition coefficient (Wildman–Crippen LogP) is 4.23. The van der Waals surface area contributed by atoms with Gasteiger partial charge in [-0.15, -0.1) is 0 Å². The number of nitrogens with zero attached hydrogens (tertiary/aromatic N) is 2. The Labute approximate surface area is 159 Å². The number of carbonyl (C=O) groups is 1. The summed E-state index contributed by atoms with van der Waals surface area (Å²) in [5.41, 5.74) is 1.24. The number of rotatable bonds is 3. The van der Waals surface area contributed by atoms with E-state index in [4.69, 9.17) is 16.3 Å². The van der Waals surface area contributed by atoms with Crippen LogP contribution in [0.1, 0.15) is 10.4 Å². The lowest BCUT2D eigenvalue weighted by Gasteiger charge is -2.11. The molecule has 2 aromatic carbocycles. The van der Waals surface area contributed by atoms with Crippen molar-refractivity contribution in [1.29, 1.82) is 0 Å². The van der Waals surface area contributed by atoms with E-state index in [1.165, 1.54) is 4.40 Å². The minimum Gasteiger partial charge on any atom is -0.415 e. The molecule has 132 valence electrons. The summed E-state index contributed by atoms with van der Waals surface area (Å²) in [5, 5.41) is 0.555. The van der Waals surface area contributed by atoms with Crippen molar-refractivity contribution in [2.75, 3.05) is 0 Å². The topological polar surface area (TPSA) is 60.7 Å². The zero-order valence-corrected chi connectivity index (χ0v) is 14.8. The lowest BCUT2D eigenvalue weighted by atomic mass is 10.1. The molecule has 0 bridgehead atoms. The predicted molar refractivity (Wildman–Crippen MR) is 103 cm³/mol. The van der Waals surface area contributed by atoms with E-state index < -0.39 is 11.5 Å². The first-order valence-electron chi connectivity index (χ1n) is 8.18. The normalized spacial score (nSPS) is 10.7. The SMILES string of the molecule is O=C(Oc1c(-c2ccc(Cl)cc2)nc2ccccn2c1=O)c1ccccc1. The van der Waals surface area contributed by atoms with E-state index >= 15 is 0 Å². The Morgan fingerprint density at radius 1 is 0.926 bits per heavy atom. The molecule has 0 atom stereocenters. The Hall–Kier alpha value is -3.44. The van der Waals surface area contributed by atoms with E-state index in [0.29, 0.717) is 21.8 Å². The number of hydrogen-bond donors (Lipinski definition) is 0. The summed E-state index contributed by atoms with van der Waals surface area (Å²) < 4.78 is 6.83. The van der Waals surface area contributed by atoms with Crippen molar-refractivity contribution < 1.29 is 9.53 Å². The average molecular weight is 377 g/mol. The van der Waals surface area contributed by atoms with Crippen LogP contribution in [0.4, 0.5) is 0 Å². The number of aromatic nitrogens is 2. The molecular formula is C21H13ClN2O3. The van der Waals surface area contributed by atoms with Crippen molar-refractivity contribution in [2.45, 2.75) is 0 Å². The molecule has 0 aliphatic carbocycles. The molecule has 0 amide bonds. The van der Waals surface area contributed by atoms with Gasteiger partial charge >= 0.3 is 11.5 Å². The maximum absolute atomic E-state index is 13.0. The molecule has 0 aliphatic heterocycles. The lowest BCUT2D eigenvalue weighted by Crippen LogP contribution is -2.22. The molecule has 2 aromatic heterocycles. The summed E-state index contributed by atoms with van der Waals surface area (Å²) in [7, 11) is 0. The van der Waals surface area contributed by atoms with Crippen molar-refractivity contribution in [2.24, 2.45) is 0 Å². The summed E-state index contributed by atoms with van der Waals surface area (Å²) in [6.07, 6.45) is 1.58. The molecule has 2 heterocycles. The van der Waals surface area contributed by atoms with E-state index in [0.717, 1.165) is 0 Å². The Bertz CT molecular complexity index is 1190. The van der Waals surface area contributed by atoms with Crippen LogP contribution in [0, 0.1) is 0 Å². The van der Waals surface area contributed by atoms with Gasteiger partial charge in [0.25, 0.3) is 0 Å². The van der Waals surface area contributed by atoms with Crippen molar-refractivity contribution in [1.82, 2.24) is 9.38 Å². The largest absolute Gasteiger partial charge is 0.415 e. The number of carbonyl (C=O) groups excluding carboxylic acids is 1. The van der Waals surface area contributed by atoms with Crippen molar-refractivity contribution >= 4 is 23.2 Å². The summed E-state index contributed by atoms with van der Waals surface area (Å²) in [6.45, 7) is 0. The van der Waals surface area contributed by atoms with Gasteiger partial charge in [0.1, 0.15) is 11.3 Å². The van der Waals surface area contributed by atoms with E-state index in [-0.39, 0.29) is 11.4 Å². The van der Waals surface area contributed by atoms with Crippen LogP contribution in [0.3, 0.4) is 0 Å². The van der Waals surface area contributed by atoms with Gasteiger partial charge in [-0.1, -0.05) is 48.0 Å². The van der Waals surface area contributed by atoms with E-state index in [1.54, 1.807) is 79.0 Å². The fourth-order valence-corrected chi connectivity index (χ4v) is 2.82. The van der Waals surface area contributed by atoms with Crippen LogP contribution in [-0.4, -0.2) is 15.4 Å². The molecule has 27 heavy (non-hydrogen) atoms. The fourth-order valence-electron chi connectivity index (χ4n) is 2.69. The number of halogens is 1. The van der Waals surface area contributed by atoms with Crippen molar-refractivity contribution in [3.8, 4) is 17.0 Å². The highest BCUT2D eigenvalue weighted by atomic mass is 35.5. The van der Waals surface area contributed by atoms with Crippen LogP contribution >= 0.6 is 11.6 Å². The Morgan fingerprint density at radius 2 is 1.63 bits per heavy atom. The first kappa shape index (κ1) is 17.0. The average Bonchev–Trinajstić information content (AvgIpc) is 2.71. The van der Waals surface area contributed by atoms with E-state index in [9.17, 15) is 9.59 Å². The minimum atomic E-state index is -0.624. The van der Waals surface area contributed by atoms with Crippen LogP contribution in [0.5, 0.6) is 5.75 Å². The summed E-state index contributed by atoms with van der Waals surface area (Å²) in [6, 6.07) is 20.5. The van der Waals surface area contributed by atoms with Gasteiger partial charge in [-0.2, -0.15) is 0 Å². The molecule has 5 nitrogen and oxygen atoms in total. The molecule has 0 radical (unpaired) electrons. The number of esters is 1. The van der Waals surface area contributed by atoms with Gasteiger partial charge in [0.2, 0.25) is 5.75 Å². The second-order valence-electron chi connectivity index (χ2n) is 5.79. The molecule has 0 fully saturated rings. The molecule has 4 aromatic rings. The second-order valence-corrected chi connectivity index (χ2v) is 6.22. The van der Waals surface area contributed by atoms with Gasteiger partial charge in [0, 0.05) is 16.8 Å². The van der Waals surface area contributed by atoms with E-state index in [2.05, 4.69) is 4.98 Å². The Balaban J connectivity index is 1.90. The number of benzene rings is 2. The van der Waals surface area contributed by atoms with Crippen LogP contribution in [-0.2, 0) is 0 Å². The fraction of sp³-hybridized carbons (Fsp3) is 0. The molecular weight excluding hydrogens is 364 g/mol. The second kappa shape index (κ2) is 7.05. The first-order chi connectivity index (χ1) is 13.1. The molecule has 6 heteroatoms. The first-order valence-corrected chi connectivity index (χ1v) is 8.56. The molecule has 0 saturated carbocycles. The van der Waals surface area contributed by atoms with Gasteiger partial charge in [-0.3, -0.25) is 9.20 Å². The summed E-state index contributed by atoms with van der Waals surface area (Å²) >= 11 is 5.96. The van der Waals surface area contributed by atoms with Crippen molar-refractivity contribution in [3.05, 3.63) is 99.9 Å². The van der Waals surface area contributed by atoms with Crippen molar-refractivity contribution in [3.63, 3.8) is 0 Å². The molecule has 4 rings (SSSR count). The zero-order valence-electron chi connectivity index (χ0n) is 14.0. The van der Waals surface area contributed by atoms with Gasteiger partial charge < -0.3 is 4.74 Å². The minimum absolute atomic E-state index is 0.130. The molecule has 0 aliphatic rings. The van der Waals surface area contributed by atoms with Gasteiger partial charge in [0.05, 0.1) is 5.56 Å². The number of fused-ring (bicyclic) bond motifs is 1. The highest BCUT2D eigenvalue weighted by molar-refractivity contribution is 6.30. The van der Waals surface area contributed by atoms with Gasteiger partial charge in [-0.05, 0) is 36.4 Å². The summed E-state index contributed by atoms with van der Waals surface area (Å²) in [5.74, 6) is -0.754. The third-order valence-corrected chi connectivity index (χ3v) is 4.27. The smallest absolute Gasteiger partial charge is 0.343 e. The highest BCUT2D eigenvalue weighted by Gasteiger charge is 2.20. The standard InChI is InChI=1S/C21H13ClN2O3/c22-16-11-9-14(10-12-16)18-19(27-21(26)15-6-2-1-3-7-15)20(25)24-13-5-4-8-17(24)23-18/h1-13H. The zero-order chi connectivity index (χ0) is 18.8. The maximum Gasteiger partial charge on any atom is 0.343 e. The molecule has 0 unspecified atom stereocenters. The van der Waals surface area contributed by atoms with Gasteiger partial charge in [-0.25, -0.2) is 9.78 Å². The Morgan fingerprint density at radius 3 is 2.37 bits per heavy atom. The third-order valence-electron chi connectivity index (χ3n) is 4.01. The monoisotopic (exact) mass is 376 g/mol. The lowest BCUT2D eigenvalue weighted by molar-refractivity contribution is 0.0732. The van der Waals surface area contributed by atoms with Crippen LogP contribution in [0.25, 0.3) is 16.9 Å². The summed E-state index contributed by atoms with van der Waals surface area (Å²) in [4.78, 5) is 30.0. The van der Waals surface area contributed by atoms with Gasteiger partial charge in [0.15, 0.2) is 0 Å². The number of pyridine rings is 1. The Kier molecular flexibility index (Phi) is 4.44. The third kappa shape index (κ3) is 3.32. The van der Waals surface area contributed by atoms with E-state index in [1.807, 2.05) is 0 Å². The highest BCUT2D eigenvalue weighted by Crippen LogP contribution is 2.27. The number of ether oxygens (including phenoxy) is 1. The molecule has 0 spiro atoms. The number of hydrogen-bond acceptors (Lipinski definition) is 4. The van der Waals surface area contributed by atoms with Crippen LogP contribution in [0.15, 0.2) is 83.8 Å². The van der Waals surface area contributed by atoms with Crippen LogP contribution < -0.4 is 10.3 Å².